The van der Waals surface area contributed by atoms with E-state index in [0.29, 0.717) is 15.3 Å². The van der Waals surface area contributed by atoms with Crippen LogP contribution in [0.2, 0.25) is 0 Å². The van der Waals surface area contributed by atoms with E-state index < -0.39 is 24.5 Å². The quantitative estimate of drug-likeness (QED) is 0.439. The minimum absolute atomic E-state index is 0.215. The zero-order valence-electron chi connectivity index (χ0n) is 16.2. The Hall–Kier alpha value is -2.94. The molecule has 0 radical (unpaired) electrons. The molecule has 8 nitrogen and oxygen atoms in total. The molecule has 154 valence electrons. The SMILES string of the molecule is CC(C)OC(=O)c1c(NC(=O)COC(=O)c2cccc[n+]2[O-])sc2c1CCCC2. The van der Waals surface area contributed by atoms with Crippen molar-refractivity contribution in [1.29, 1.82) is 0 Å². The molecule has 0 aromatic carbocycles. The standard InChI is InChI=1S/C20H22N2O6S/c1-12(2)28-20(25)17-13-7-3-4-9-15(13)29-18(17)21-16(23)11-27-19(24)14-8-5-6-10-22(14)26/h5-6,8,10,12H,3-4,7,9,11H2,1-2H3,(H,21,23). The predicted molar refractivity (Wildman–Crippen MR) is 106 cm³/mol. The lowest BCUT2D eigenvalue weighted by Crippen LogP contribution is -2.35. The van der Waals surface area contributed by atoms with Crippen LogP contribution in [-0.4, -0.2) is 30.6 Å². The van der Waals surface area contributed by atoms with E-state index in [1.807, 2.05) is 0 Å². The molecule has 1 aliphatic rings. The second kappa shape index (κ2) is 9.04. The molecule has 1 aliphatic carbocycles. The summed E-state index contributed by atoms with van der Waals surface area (Å²) in [6, 6.07) is 4.31. The first-order valence-corrected chi connectivity index (χ1v) is 10.2. The van der Waals surface area contributed by atoms with Gasteiger partial charge in [-0.2, -0.15) is 4.73 Å². The molecule has 2 aromatic heterocycles. The van der Waals surface area contributed by atoms with Crippen molar-refractivity contribution in [3.05, 3.63) is 51.3 Å². The third-order valence-corrected chi connectivity index (χ3v) is 5.55. The second-order valence-electron chi connectivity index (χ2n) is 6.91. The third kappa shape index (κ3) is 4.92. The van der Waals surface area contributed by atoms with E-state index in [1.165, 1.54) is 35.7 Å². The van der Waals surface area contributed by atoms with Gasteiger partial charge >= 0.3 is 17.6 Å². The number of thiophene rings is 1. The highest BCUT2D eigenvalue weighted by molar-refractivity contribution is 7.17. The van der Waals surface area contributed by atoms with Gasteiger partial charge in [-0.3, -0.25) is 4.79 Å². The number of rotatable bonds is 6. The lowest BCUT2D eigenvalue weighted by atomic mass is 9.95. The van der Waals surface area contributed by atoms with Gasteiger partial charge in [-0.15, -0.1) is 11.3 Å². The van der Waals surface area contributed by atoms with Crippen molar-refractivity contribution < 1.29 is 28.6 Å². The third-order valence-electron chi connectivity index (χ3n) is 4.34. The highest BCUT2D eigenvalue weighted by atomic mass is 32.1. The minimum atomic E-state index is -0.902. The van der Waals surface area contributed by atoms with E-state index in [-0.39, 0.29) is 11.8 Å². The Labute approximate surface area is 172 Å². The summed E-state index contributed by atoms with van der Waals surface area (Å²) in [4.78, 5) is 38.0. The molecule has 1 N–H and O–H groups in total. The summed E-state index contributed by atoms with van der Waals surface area (Å²) in [7, 11) is 0. The molecule has 0 aliphatic heterocycles. The Kier molecular flexibility index (Phi) is 6.48. The number of ether oxygens (including phenoxy) is 2. The normalized spacial score (nSPS) is 12.9. The van der Waals surface area contributed by atoms with Gasteiger partial charge in [0.25, 0.3) is 5.91 Å². The van der Waals surface area contributed by atoms with Crippen LogP contribution in [-0.2, 0) is 27.1 Å². The van der Waals surface area contributed by atoms with Crippen LogP contribution in [0.4, 0.5) is 5.00 Å². The van der Waals surface area contributed by atoms with Crippen LogP contribution < -0.4 is 10.0 Å². The van der Waals surface area contributed by atoms with E-state index in [0.717, 1.165) is 36.1 Å². The van der Waals surface area contributed by atoms with Gasteiger partial charge in [-0.1, -0.05) is 0 Å². The molecule has 2 aromatic rings. The van der Waals surface area contributed by atoms with Crippen LogP contribution in [0, 0.1) is 5.21 Å². The van der Waals surface area contributed by atoms with Gasteiger partial charge in [-0.25, -0.2) is 9.59 Å². The molecule has 3 rings (SSSR count). The molecule has 0 unspecified atom stereocenters. The van der Waals surface area contributed by atoms with Crippen LogP contribution in [0.3, 0.4) is 0 Å². The van der Waals surface area contributed by atoms with Gasteiger partial charge in [-0.05, 0) is 51.2 Å². The average Bonchev–Trinajstić information content (AvgIpc) is 3.03. The molecule has 0 bridgehead atoms. The molecular formula is C20H22N2O6S. The summed E-state index contributed by atoms with van der Waals surface area (Å²) in [6.45, 7) is 2.95. The number of hydrogen-bond acceptors (Lipinski definition) is 7. The number of pyridine rings is 1. The number of nitrogens with zero attached hydrogens (tertiary/aromatic N) is 1. The fraction of sp³-hybridized carbons (Fsp3) is 0.400. The van der Waals surface area contributed by atoms with E-state index in [1.54, 1.807) is 13.8 Å². The molecule has 2 heterocycles. The Morgan fingerprint density at radius 1 is 1.21 bits per heavy atom. The molecule has 9 heteroatoms. The van der Waals surface area contributed by atoms with Crippen LogP contribution in [0.25, 0.3) is 0 Å². The Morgan fingerprint density at radius 3 is 2.69 bits per heavy atom. The summed E-state index contributed by atoms with van der Waals surface area (Å²) < 4.78 is 10.6. The first-order chi connectivity index (χ1) is 13.9. The first kappa shape index (κ1) is 20.8. The number of aromatic nitrogens is 1. The highest BCUT2D eigenvalue weighted by Crippen LogP contribution is 2.38. The number of nitrogens with one attached hydrogen (secondary N) is 1. The second-order valence-corrected chi connectivity index (χ2v) is 8.01. The van der Waals surface area contributed by atoms with Crippen molar-refractivity contribution in [3.8, 4) is 0 Å². The Bertz CT molecular complexity index is 937. The topological polar surface area (TPSA) is 109 Å². The molecule has 0 spiro atoms. The van der Waals surface area contributed by atoms with Gasteiger partial charge in [0.1, 0.15) is 5.00 Å². The lowest BCUT2D eigenvalue weighted by Gasteiger charge is -2.14. The fourth-order valence-electron chi connectivity index (χ4n) is 3.10. The van der Waals surface area contributed by atoms with Crippen LogP contribution in [0.5, 0.6) is 0 Å². The minimum Gasteiger partial charge on any atom is -0.618 e. The number of esters is 2. The van der Waals surface area contributed by atoms with Gasteiger partial charge in [0.2, 0.25) is 0 Å². The largest absolute Gasteiger partial charge is 0.618 e. The summed E-state index contributed by atoms with van der Waals surface area (Å²) in [6.07, 6.45) is 4.50. The lowest BCUT2D eigenvalue weighted by molar-refractivity contribution is -0.608. The van der Waals surface area contributed by atoms with Crippen LogP contribution >= 0.6 is 11.3 Å². The van der Waals surface area contributed by atoms with E-state index in [9.17, 15) is 19.6 Å². The summed E-state index contributed by atoms with van der Waals surface area (Å²) in [5.74, 6) is -1.96. The Balaban J connectivity index is 1.71. The number of carbonyl (C=O) groups is 3. The van der Waals surface area contributed by atoms with Crippen molar-refractivity contribution in [2.24, 2.45) is 0 Å². The maximum Gasteiger partial charge on any atom is 0.405 e. The zero-order chi connectivity index (χ0) is 21.0. The maximum atomic E-state index is 12.6. The number of amides is 1. The van der Waals surface area contributed by atoms with Gasteiger partial charge in [0, 0.05) is 17.0 Å². The van der Waals surface area contributed by atoms with Crippen molar-refractivity contribution >= 4 is 34.2 Å². The zero-order valence-corrected chi connectivity index (χ0v) is 17.0. The first-order valence-electron chi connectivity index (χ1n) is 9.37. The summed E-state index contributed by atoms with van der Waals surface area (Å²) in [5, 5.41) is 14.6. The summed E-state index contributed by atoms with van der Waals surface area (Å²) >= 11 is 1.35. The van der Waals surface area contributed by atoms with Crippen molar-refractivity contribution in [2.45, 2.75) is 45.6 Å². The van der Waals surface area contributed by atoms with Crippen molar-refractivity contribution in [2.75, 3.05) is 11.9 Å². The van der Waals surface area contributed by atoms with E-state index in [4.69, 9.17) is 9.47 Å². The monoisotopic (exact) mass is 418 g/mol. The smallest absolute Gasteiger partial charge is 0.405 e. The molecule has 29 heavy (non-hydrogen) atoms. The van der Waals surface area contributed by atoms with E-state index >= 15 is 0 Å². The van der Waals surface area contributed by atoms with Crippen LogP contribution in [0.15, 0.2) is 24.4 Å². The number of aryl methyl sites for hydroxylation is 1. The molecule has 0 saturated heterocycles. The van der Waals surface area contributed by atoms with Gasteiger partial charge in [0.15, 0.2) is 12.8 Å². The number of fused-ring (bicyclic) bond motifs is 1. The molecule has 0 saturated carbocycles. The number of hydrogen-bond donors (Lipinski definition) is 1. The average molecular weight is 418 g/mol. The number of anilines is 1. The van der Waals surface area contributed by atoms with Crippen molar-refractivity contribution in [3.63, 3.8) is 0 Å². The molecule has 0 fully saturated rings. The van der Waals surface area contributed by atoms with Gasteiger partial charge < -0.3 is 20.0 Å². The van der Waals surface area contributed by atoms with Crippen molar-refractivity contribution in [1.82, 2.24) is 0 Å². The predicted octanol–water partition coefficient (Wildman–Crippen LogP) is 2.62. The molecule has 0 atom stereocenters. The Morgan fingerprint density at radius 2 is 1.97 bits per heavy atom. The summed E-state index contributed by atoms with van der Waals surface area (Å²) in [5.41, 5.74) is 1.10. The molecular weight excluding hydrogens is 396 g/mol. The van der Waals surface area contributed by atoms with Crippen LogP contribution in [0.1, 0.15) is 58.0 Å². The molecule has 1 amide bonds. The van der Waals surface area contributed by atoms with E-state index in [2.05, 4.69) is 5.32 Å². The maximum absolute atomic E-state index is 12.6. The fourth-order valence-corrected chi connectivity index (χ4v) is 4.39. The highest BCUT2D eigenvalue weighted by Gasteiger charge is 2.28. The number of carbonyl (C=O) groups excluding carboxylic acids is 3. The van der Waals surface area contributed by atoms with Gasteiger partial charge in [0.05, 0.1) is 11.7 Å².